The molecule has 152 valence electrons. The number of amides is 2. The van der Waals surface area contributed by atoms with E-state index in [4.69, 9.17) is 4.74 Å². The summed E-state index contributed by atoms with van der Waals surface area (Å²) >= 11 is 0. The number of fused-ring (bicyclic) bond motifs is 1. The summed E-state index contributed by atoms with van der Waals surface area (Å²) in [4.78, 5) is 27.9. The molecule has 1 N–H and O–H groups in total. The molecule has 0 radical (unpaired) electrons. The number of methoxy groups -OCH3 is 1. The number of hydrogen-bond acceptors (Lipinski definition) is 4. The van der Waals surface area contributed by atoms with Crippen molar-refractivity contribution < 1.29 is 23.8 Å². The standard InChI is InChI=1S/C22H23FN2O4/c1-29-13-21(28)24-10-18-22(19(12-26)25(18)20(27)11-24)15-8-6-14(7-9-15)16-4-2-3-5-17(16)23/h2-9,18-19,22,26H,10-13H2,1H3/t18-,19-,22-/m0/s1. The first-order valence-corrected chi connectivity index (χ1v) is 9.58. The summed E-state index contributed by atoms with van der Waals surface area (Å²) < 4.78 is 19.0. The van der Waals surface area contributed by atoms with Crippen molar-refractivity contribution in [1.29, 1.82) is 0 Å². The largest absolute Gasteiger partial charge is 0.394 e. The summed E-state index contributed by atoms with van der Waals surface area (Å²) in [5.41, 5.74) is 2.25. The fourth-order valence-electron chi connectivity index (χ4n) is 4.48. The van der Waals surface area contributed by atoms with Crippen LogP contribution in [0.15, 0.2) is 48.5 Å². The number of rotatable bonds is 5. The van der Waals surface area contributed by atoms with E-state index in [9.17, 15) is 19.1 Å². The van der Waals surface area contributed by atoms with Crippen LogP contribution in [0.4, 0.5) is 4.39 Å². The second-order valence-electron chi connectivity index (χ2n) is 7.45. The van der Waals surface area contributed by atoms with Gasteiger partial charge in [-0.05, 0) is 17.2 Å². The molecule has 2 aliphatic heterocycles. The molecule has 2 heterocycles. The first-order chi connectivity index (χ1) is 14.0. The minimum absolute atomic E-state index is 0.00807. The Balaban J connectivity index is 1.58. The van der Waals surface area contributed by atoms with Crippen LogP contribution in [0.3, 0.4) is 0 Å². The van der Waals surface area contributed by atoms with Gasteiger partial charge in [-0.2, -0.15) is 0 Å². The van der Waals surface area contributed by atoms with Gasteiger partial charge in [0, 0.05) is 25.1 Å². The number of hydrogen-bond donors (Lipinski definition) is 1. The third-order valence-corrected chi connectivity index (χ3v) is 5.85. The molecule has 2 amide bonds. The first-order valence-electron chi connectivity index (χ1n) is 9.58. The van der Waals surface area contributed by atoms with Crippen LogP contribution in [0.25, 0.3) is 11.1 Å². The molecular weight excluding hydrogens is 375 g/mol. The minimum Gasteiger partial charge on any atom is -0.394 e. The zero-order valence-corrected chi connectivity index (χ0v) is 16.1. The molecule has 4 rings (SSSR count). The summed E-state index contributed by atoms with van der Waals surface area (Å²) in [5, 5.41) is 9.86. The molecule has 0 saturated carbocycles. The zero-order chi connectivity index (χ0) is 20.5. The highest BCUT2D eigenvalue weighted by molar-refractivity contribution is 5.88. The van der Waals surface area contributed by atoms with E-state index in [-0.39, 0.29) is 55.4 Å². The summed E-state index contributed by atoms with van der Waals surface area (Å²) in [7, 11) is 1.45. The monoisotopic (exact) mass is 398 g/mol. The number of aliphatic hydroxyl groups is 1. The topological polar surface area (TPSA) is 70.1 Å². The Morgan fingerprint density at radius 2 is 1.93 bits per heavy atom. The van der Waals surface area contributed by atoms with Gasteiger partial charge in [0.15, 0.2) is 0 Å². The molecule has 0 aliphatic carbocycles. The van der Waals surface area contributed by atoms with E-state index in [0.29, 0.717) is 12.1 Å². The number of benzene rings is 2. The van der Waals surface area contributed by atoms with E-state index in [2.05, 4.69) is 0 Å². The predicted molar refractivity (Wildman–Crippen MR) is 105 cm³/mol. The number of ether oxygens (including phenoxy) is 1. The molecule has 0 aromatic heterocycles. The molecule has 7 heteroatoms. The van der Waals surface area contributed by atoms with Crippen LogP contribution < -0.4 is 0 Å². The normalized spacial score (nSPS) is 23.6. The maximum absolute atomic E-state index is 14.0. The number of carbonyl (C=O) groups excluding carboxylic acids is 2. The average Bonchev–Trinajstić information content (AvgIpc) is 2.70. The lowest BCUT2D eigenvalue weighted by molar-refractivity contribution is -0.168. The van der Waals surface area contributed by atoms with Crippen LogP contribution in [-0.4, -0.2) is 72.2 Å². The highest BCUT2D eigenvalue weighted by Gasteiger charge is 2.54. The Labute approximate surface area is 168 Å². The SMILES string of the molecule is COCC(=O)N1CC(=O)N2[C@@H](CO)[C@@H](c3ccc(-c4ccccc4F)cc3)[C@@H]2C1. The van der Waals surface area contributed by atoms with E-state index < -0.39 is 0 Å². The molecule has 0 unspecified atom stereocenters. The van der Waals surface area contributed by atoms with E-state index in [1.165, 1.54) is 18.1 Å². The van der Waals surface area contributed by atoms with Gasteiger partial charge in [-0.1, -0.05) is 42.5 Å². The van der Waals surface area contributed by atoms with Crippen LogP contribution in [0.5, 0.6) is 0 Å². The Bertz CT molecular complexity index is 917. The van der Waals surface area contributed by atoms with Gasteiger partial charge < -0.3 is 19.6 Å². The Morgan fingerprint density at radius 3 is 2.59 bits per heavy atom. The van der Waals surface area contributed by atoms with Crippen molar-refractivity contribution in [2.75, 3.05) is 33.4 Å². The molecule has 2 aliphatic rings. The van der Waals surface area contributed by atoms with E-state index in [0.717, 1.165) is 11.1 Å². The quantitative estimate of drug-likeness (QED) is 0.831. The summed E-state index contributed by atoms with van der Waals surface area (Å²) in [6.07, 6.45) is 0. The molecule has 2 saturated heterocycles. The van der Waals surface area contributed by atoms with Gasteiger partial charge in [-0.15, -0.1) is 0 Å². The van der Waals surface area contributed by atoms with Gasteiger partial charge >= 0.3 is 0 Å². The molecule has 2 aromatic carbocycles. The van der Waals surface area contributed by atoms with Crippen molar-refractivity contribution in [1.82, 2.24) is 9.80 Å². The molecule has 2 fully saturated rings. The summed E-state index contributed by atoms with van der Waals surface area (Å²) in [5.74, 6) is -0.754. The minimum atomic E-state index is -0.313. The fourth-order valence-corrected chi connectivity index (χ4v) is 4.48. The summed E-state index contributed by atoms with van der Waals surface area (Å²) in [6, 6.07) is 13.6. The molecular formula is C22H23FN2O4. The first kappa shape index (κ1) is 19.5. The Morgan fingerprint density at radius 1 is 1.21 bits per heavy atom. The average molecular weight is 398 g/mol. The lowest BCUT2D eigenvalue weighted by Gasteiger charge is -2.58. The van der Waals surface area contributed by atoms with Gasteiger partial charge in [-0.3, -0.25) is 9.59 Å². The van der Waals surface area contributed by atoms with Crippen LogP contribution in [-0.2, 0) is 14.3 Å². The molecule has 0 bridgehead atoms. The third-order valence-electron chi connectivity index (χ3n) is 5.85. The van der Waals surface area contributed by atoms with Crippen molar-refractivity contribution in [3.63, 3.8) is 0 Å². The number of aliphatic hydroxyl groups excluding tert-OH is 1. The smallest absolute Gasteiger partial charge is 0.249 e. The van der Waals surface area contributed by atoms with Crippen LogP contribution in [0.1, 0.15) is 11.5 Å². The van der Waals surface area contributed by atoms with Gasteiger partial charge in [0.05, 0.1) is 25.2 Å². The molecule has 3 atom stereocenters. The van der Waals surface area contributed by atoms with Crippen molar-refractivity contribution in [2.45, 2.75) is 18.0 Å². The molecule has 29 heavy (non-hydrogen) atoms. The maximum Gasteiger partial charge on any atom is 0.249 e. The molecule has 2 aromatic rings. The lowest BCUT2D eigenvalue weighted by atomic mass is 9.73. The maximum atomic E-state index is 14.0. The van der Waals surface area contributed by atoms with E-state index in [1.807, 2.05) is 24.3 Å². The number of nitrogens with zero attached hydrogens (tertiary/aromatic N) is 2. The Kier molecular flexibility index (Phi) is 5.34. The Hall–Kier alpha value is -2.77. The van der Waals surface area contributed by atoms with Crippen LogP contribution in [0, 0.1) is 5.82 Å². The van der Waals surface area contributed by atoms with Gasteiger partial charge in [-0.25, -0.2) is 4.39 Å². The van der Waals surface area contributed by atoms with E-state index in [1.54, 1.807) is 23.1 Å². The fraction of sp³-hybridized carbons (Fsp3) is 0.364. The van der Waals surface area contributed by atoms with Crippen molar-refractivity contribution in [2.24, 2.45) is 0 Å². The highest BCUT2D eigenvalue weighted by atomic mass is 19.1. The van der Waals surface area contributed by atoms with Crippen molar-refractivity contribution in [3.05, 3.63) is 59.9 Å². The van der Waals surface area contributed by atoms with Crippen LogP contribution in [0.2, 0.25) is 0 Å². The number of piperazine rings is 1. The van der Waals surface area contributed by atoms with E-state index >= 15 is 0 Å². The highest BCUT2D eigenvalue weighted by Crippen LogP contribution is 2.43. The predicted octanol–water partition coefficient (Wildman–Crippen LogP) is 1.64. The number of halogens is 1. The second-order valence-corrected chi connectivity index (χ2v) is 7.45. The molecule has 6 nitrogen and oxygen atoms in total. The van der Waals surface area contributed by atoms with Gasteiger partial charge in [0.1, 0.15) is 12.4 Å². The molecule has 0 spiro atoms. The summed E-state index contributed by atoms with van der Waals surface area (Å²) in [6.45, 7) is 0.206. The zero-order valence-electron chi connectivity index (χ0n) is 16.1. The number of carbonyl (C=O) groups is 2. The lowest BCUT2D eigenvalue weighted by Crippen LogP contribution is -2.73. The van der Waals surface area contributed by atoms with Gasteiger partial charge in [0.25, 0.3) is 0 Å². The third kappa shape index (κ3) is 3.41. The van der Waals surface area contributed by atoms with Crippen LogP contribution >= 0.6 is 0 Å². The van der Waals surface area contributed by atoms with Gasteiger partial charge in [0.2, 0.25) is 11.8 Å². The second kappa shape index (κ2) is 7.93. The van der Waals surface area contributed by atoms with Crippen molar-refractivity contribution >= 4 is 11.8 Å². The van der Waals surface area contributed by atoms with Crippen molar-refractivity contribution in [3.8, 4) is 11.1 Å².